The van der Waals surface area contributed by atoms with E-state index in [2.05, 4.69) is 57.3 Å². The minimum absolute atomic E-state index is 0.248. The fraction of sp³-hybridized carbons (Fsp3) is 0.429. The van der Waals surface area contributed by atoms with Crippen LogP contribution in [0.4, 0.5) is 5.69 Å². The Morgan fingerprint density at radius 1 is 0.840 bits per heavy atom. The predicted molar refractivity (Wildman–Crippen MR) is 105 cm³/mol. The Morgan fingerprint density at radius 3 is 1.84 bits per heavy atom. The number of rotatable bonds is 7. The van der Waals surface area contributed by atoms with Gasteiger partial charge in [0.25, 0.3) is 0 Å². The molecule has 2 aromatic carbocycles. The second kappa shape index (κ2) is 8.26. The zero-order valence-electron chi connectivity index (χ0n) is 16.1. The maximum absolute atomic E-state index is 6.60. The molecule has 4 nitrogen and oxygen atoms in total. The molecule has 0 aromatic heterocycles. The maximum atomic E-state index is 6.60. The minimum Gasteiger partial charge on any atom is -0.493 e. The Morgan fingerprint density at radius 2 is 1.36 bits per heavy atom. The molecule has 0 aliphatic carbocycles. The van der Waals surface area contributed by atoms with Crippen LogP contribution in [0, 0.1) is 0 Å². The van der Waals surface area contributed by atoms with E-state index in [-0.39, 0.29) is 12.1 Å². The molecule has 25 heavy (non-hydrogen) atoms. The molecule has 136 valence electrons. The molecule has 3 N–H and O–H groups in total. The number of nitrogens with one attached hydrogen (secondary N) is 1. The summed E-state index contributed by atoms with van der Waals surface area (Å²) in [5.41, 5.74) is 10.9. The molecule has 4 heteroatoms. The fourth-order valence-corrected chi connectivity index (χ4v) is 2.86. The van der Waals surface area contributed by atoms with Gasteiger partial charge in [-0.15, -0.1) is 0 Å². The molecule has 0 saturated carbocycles. The van der Waals surface area contributed by atoms with Crippen molar-refractivity contribution >= 4 is 5.69 Å². The monoisotopic (exact) mass is 342 g/mol. The van der Waals surface area contributed by atoms with E-state index in [1.54, 1.807) is 14.2 Å². The summed E-state index contributed by atoms with van der Waals surface area (Å²) in [7, 11) is 3.28. The van der Waals surface area contributed by atoms with E-state index in [0.29, 0.717) is 17.4 Å². The first-order chi connectivity index (χ1) is 11.9. The molecular formula is C21H30N2O2. The zero-order chi connectivity index (χ0) is 18.6. The standard InChI is InChI=1S/C21H30N2O2/c1-13(2)15-7-9-16(10-8-15)21(22)17-11-19(24-5)20(25-6)12-18(17)23-14(3)4/h7-14,21,23H,22H2,1-6H3. The molecule has 2 rings (SSSR count). The lowest BCUT2D eigenvalue weighted by atomic mass is 9.94. The van der Waals surface area contributed by atoms with Crippen molar-refractivity contribution in [2.45, 2.75) is 45.7 Å². The first-order valence-electron chi connectivity index (χ1n) is 8.75. The predicted octanol–water partition coefficient (Wildman–Crippen LogP) is 4.70. The van der Waals surface area contributed by atoms with Gasteiger partial charge in [0.15, 0.2) is 11.5 Å². The molecule has 1 atom stereocenters. The summed E-state index contributed by atoms with van der Waals surface area (Å²) in [6.07, 6.45) is 0. The SMILES string of the molecule is COc1cc(NC(C)C)c(C(N)c2ccc(C(C)C)cc2)cc1OC. The largest absolute Gasteiger partial charge is 0.493 e. The molecule has 0 aliphatic heterocycles. The average molecular weight is 342 g/mol. The topological polar surface area (TPSA) is 56.5 Å². The van der Waals surface area contributed by atoms with Gasteiger partial charge < -0.3 is 20.5 Å². The van der Waals surface area contributed by atoms with Gasteiger partial charge in [0.2, 0.25) is 0 Å². The summed E-state index contributed by atoms with van der Waals surface area (Å²) in [6, 6.07) is 12.5. The third-order valence-electron chi connectivity index (χ3n) is 4.30. The lowest BCUT2D eigenvalue weighted by Crippen LogP contribution is -2.18. The van der Waals surface area contributed by atoms with Crippen LogP contribution in [0.5, 0.6) is 11.5 Å². The van der Waals surface area contributed by atoms with Gasteiger partial charge in [-0.3, -0.25) is 0 Å². The lowest BCUT2D eigenvalue weighted by Gasteiger charge is -2.22. The van der Waals surface area contributed by atoms with Crippen LogP contribution in [-0.2, 0) is 0 Å². The van der Waals surface area contributed by atoms with Crippen LogP contribution in [0.2, 0.25) is 0 Å². The summed E-state index contributed by atoms with van der Waals surface area (Å²) in [5.74, 6) is 1.88. The van der Waals surface area contributed by atoms with E-state index in [9.17, 15) is 0 Å². The van der Waals surface area contributed by atoms with E-state index in [4.69, 9.17) is 15.2 Å². The molecular weight excluding hydrogens is 312 g/mol. The summed E-state index contributed by atoms with van der Waals surface area (Å²) in [4.78, 5) is 0. The number of anilines is 1. The van der Waals surface area contributed by atoms with E-state index < -0.39 is 0 Å². The molecule has 0 amide bonds. The van der Waals surface area contributed by atoms with Gasteiger partial charge in [-0.1, -0.05) is 38.1 Å². The Bertz CT molecular complexity index is 694. The number of hydrogen-bond donors (Lipinski definition) is 2. The van der Waals surface area contributed by atoms with Crippen LogP contribution in [0.1, 0.15) is 56.3 Å². The van der Waals surface area contributed by atoms with Gasteiger partial charge in [-0.05, 0) is 37.0 Å². The van der Waals surface area contributed by atoms with Crippen molar-refractivity contribution in [2.24, 2.45) is 5.73 Å². The van der Waals surface area contributed by atoms with Crippen LogP contribution >= 0.6 is 0 Å². The summed E-state index contributed by atoms with van der Waals surface area (Å²) in [6.45, 7) is 8.58. The van der Waals surface area contributed by atoms with Crippen molar-refractivity contribution < 1.29 is 9.47 Å². The van der Waals surface area contributed by atoms with Crippen LogP contribution in [-0.4, -0.2) is 20.3 Å². The highest BCUT2D eigenvalue weighted by molar-refractivity contribution is 5.63. The molecule has 0 fully saturated rings. The fourth-order valence-electron chi connectivity index (χ4n) is 2.86. The Balaban J connectivity index is 2.46. The van der Waals surface area contributed by atoms with Crippen molar-refractivity contribution in [2.75, 3.05) is 19.5 Å². The Kier molecular flexibility index (Phi) is 6.32. The van der Waals surface area contributed by atoms with Crippen molar-refractivity contribution in [3.63, 3.8) is 0 Å². The second-order valence-corrected chi connectivity index (χ2v) is 6.89. The highest BCUT2D eigenvalue weighted by atomic mass is 16.5. The highest BCUT2D eigenvalue weighted by Gasteiger charge is 2.18. The van der Waals surface area contributed by atoms with Crippen molar-refractivity contribution in [3.05, 3.63) is 53.1 Å². The molecule has 0 saturated heterocycles. The molecule has 1 unspecified atom stereocenters. The van der Waals surface area contributed by atoms with Crippen LogP contribution in [0.3, 0.4) is 0 Å². The van der Waals surface area contributed by atoms with Crippen LogP contribution in [0.15, 0.2) is 36.4 Å². The van der Waals surface area contributed by atoms with Gasteiger partial charge in [0, 0.05) is 23.4 Å². The van der Waals surface area contributed by atoms with Gasteiger partial charge in [0.05, 0.1) is 20.3 Å². The highest BCUT2D eigenvalue weighted by Crippen LogP contribution is 2.37. The maximum Gasteiger partial charge on any atom is 0.162 e. The number of hydrogen-bond acceptors (Lipinski definition) is 4. The third-order valence-corrected chi connectivity index (χ3v) is 4.30. The van der Waals surface area contributed by atoms with Gasteiger partial charge >= 0.3 is 0 Å². The summed E-state index contributed by atoms with van der Waals surface area (Å²) < 4.78 is 10.9. The van der Waals surface area contributed by atoms with Crippen LogP contribution < -0.4 is 20.5 Å². The Labute approximate surface area is 151 Å². The van der Waals surface area contributed by atoms with Crippen molar-refractivity contribution in [3.8, 4) is 11.5 Å². The number of methoxy groups -OCH3 is 2. The van der Waals surface area contributed by atoms with Crippen LogP contribution in [0.25, 0.3) is 0 Å². The molecule has 0 heterocycles. The second-order valence-electron chi connectivity index (χ2n) is 6.89. The molecule has 0 aliphatic rings. The average Bonchev–Trinajstić information content (AvgIpc) is 2.60. The van der Waals surface area contributed by atoms with E-state index in [1.807, 2.05) is 12.1 Å². The summed E-state index contributed by atoms with van der Waals surface area (Å²) in [5, 5.41) is 3.46. The van der Waals surface area contributed by atoms with Crippen molar-refractivity contribution in [1.82, 2.24) is 0 Å². The molecule has 0 radical (unpaired) electrons. The van der Waals surface area contributed by atoms with Gasteiger partial charge in [0.1, 0.15) is 0 Å². The number of benzene rings is 2. The first kappa shape index (κ1) is 19.1. The summed E-state index contributed by atoms with van der Waals surface area (Å²) >= 11 is 0. The lowest BCUT2D eigenvalue weighted by molar-refractivity contribution is 0.354. The van der Waals surface area contributed by atoms with E-state index >= 15 is 0 Å². The van der Waals surface area contributed by atoms with Crippen molar-refractivity contribution in [1.29, 1.82) is 0 Å². The quantitative estimate of drug-likeness (QED) is 0.766. The number of ether oxygens (including phenoxy) is 2. The van der Waals surface area contributed by atoms with Gasteiger partial charge in [-0.2, -0.15) is 0 Å². The number of nitrogens with two attached hydrogens (primary N) is 1. The zero-order valence-corrected chi connectivity index (χ0v) is 16.1. The molecule has 2 aromatic rings. The Hall–Kier alpha value is -2.20. The van der Waals surface area contributed by atoms with E-state index in [1.165, 1.54) is 5.56 Å². The minimum atomic E-state index is -0.248. The van der Waals surface area contributed by atoms with Gasteiger partial charge in [-0.25, -0.2) is 0 Å². The first-order valence-corrected chi connectivity index (χ1v) is 8.75. The van der Waals surface area contributed by atoms with E-state index in [0.717, 1.165) is 16.8 Å². The smallest absolute Gasteiger partial charge is 0.162 e. The normalized spacial score (nSPS) is 12.4. The third kappa shape index (κ3) is 4.45. The molecule has 0 bridgehead atoms. The molecule has 0 spiro atoms.